The van der Waals surface area contributed by atoms with Crippen molar-refractivity contribution in [1.29, 1.82) is 0 Å². The number of hydrogen-bond acceptors (Lipinski definition) is 8. The molecule has 0 fully saturated rings. The van der Waals surface area contributed by atoms with Crippen molar-refractivity contribution in [2.75, 3.05) is 25.7 Å². The molecule has 0 bridgehead atoms. The number of esters is 2. The van der Waals surface area contributed by atoms with Gasteiger partial charge in [0.2, 0.25) is 0 Å². The monoisotopic (exact) mass is 461 g/mol. The standard InChI is InChI=1S/C22H23NO4S3/c1-6-23-15-10-8-7-9-13(15)17-18(21(23,2)3)28-11-14(19(24)26-4)22(17)29-12-16(30-22)20(25)27-5/h7-12H,6H2,1-5H3/t22-/m0/s1. The van der Waals surface area contributed by atoms with Gasteiger partial charge in [0.1, 0.15) is 8.98 Å². The molecule has 1 aromatic rings. The van der Waals surface area contributed by atoms with Gasteiger partial charge in [0, 0.05) is 28.3 Å². The molecule has 0 aromatic heterocycles. The van der Waals surface area contributed by atoms with Crippen molar-refractivity contribution in [2.24, 2.45) is 0 Å². The van der Waals surface area contributed by atoms with Gasteiger partial charge in [-0.3, -0.25) is 0 Å². The highest BCUT2D eigenvalue weighted by molar-refractivity contribution is 8.25. The van der Waals surface area contributed by atoms with Crippen molar-refractivity contribution < 1.29 is 19.1 Å². The van der Waals surface area contributed by atoms with E-state index in [9.17, 15) is 9.59 Å². The lowest BCUT2D eigenvalue weighted by Crippen LogP contribution is -2.50. The molecule has 0 N–H and O–H groups in total. The van der Waals surface area contributed by atoms with Crippen molar-refractivity contribution in [3.63, 3.8) is 0 Å². The number of rotatable bonds is 3. The van der Waals surface area contributed by atoms with Gasteiger partial charge in [-0.15, -0.1) is 11.8 Å². The summed E-state index contributed by atoms with van der Waals surface area (Å²) in [7, 11) is 2.76. The molecule has 158 valence electrons. The fourth-order valence-corrected chi connectivity index (χ4v) is 8.77. The van der Waals surface area contributed by atoms with Crippen LogP contribution in [0.25, 0.3) is 5.57 Å². The second kappa shape index (κ2) is 7.73. The molecule has 0 aliphatic carbocycles. The van der Waals surface area contributed by atoms with E-state index in [0.717, 1.165) is 23.4 Å². The highest BCUT2D eigenvalue weighted by Gasteiger charge is 2.55. The number of carbonyl (C=O) groups excluding carboxylic acids is 2. The maximum atomic E-state index is 12.8. The van der Waals surface area contributed by atoms with Crippen LogP contribution in [0.5, 0.6) is 0 Å². The number of hydrogen-bond donors (Lipinski definition) is 0. The lowest BCUT2D eigenvalue weighted by atomic mass is 9.84. The first-order valence-electron chi connectivity index (χ1n) is 9.55. The number of anilines is 1. The SMILES string of the molecule is CCN1c2ccccc2C2=C(SC=C(C(=O)OC)[C@@]23SC=C(C(=O)OC)S3)C1(C)C. The van der Waals surface area contributed by atoms with Gasteiger partial charge in [0.05, 0.1) is 25.3 Å². The molecule has 4 rings (SSSR count). The number of likely N-dealkylation sites (N-methyl/N-ethyl adjacent to an activating group) is 1. The van der Waals surface area contributed by atoms with Crippen molar-refractivity contribution in [2.45, 2.75) is 30.4 Å². The van der Waals surface area contributed by atoms with E-state index in [1.165, 1.54) is 42.6 Å². The van der Waals surface area contributed by atoms with Gasteiger partial charge in [0.15, 0.2) is 0 Å². The van der Waals surface area contributed by atoms with E-state index < -0.39 is 10.0 Å². The Morgan fingerprint density at radius 1 is 1.07 bits per heavy atom. The number of ether oxygens (including phenoxy) is 2. The number of fused-ring (bicyclic) bond motifs is 3. The average molecular weight is 462 g/mol. The summed E-state index contributed by atoms with van der Waals surface area (Å²) in [5, 5.41) is 3.69. The summed E-state index contributed by atoms with van der Waals surface area (Å²) in [6, 6.07) is 8.28. The zero-order valence-electron chi connectivity index (χ0n) is 17.5. The summed E-state index contributed by atoms with van der Waals surface area (Å²) in [5.74, 6) is -0.783. The van der Waals surface area contributed by atoms with Gasteiger partial charge in [-0.25, -0.2) is 9.59 Å². The van der Waals surface area contributed by atoms with Crippen molar-refractivity contribution in [1.82, 2.24) is 0 Å². The molecule has 5 nitrogen and oxygen atoms in total. The third-order valence-electron chi connectivity index (χ3n) is 5.59. The van der Waals surface area contributed by atoms with E-state index in [-0.39, 0.29) is 11.5 Å². The Hall–Kier alpha value is -1.77. The van der Waals surface area contributed by atoms with Crippen LogP contribution in [-0.4, -0.2) is 42.3 Å². The lowest BCUT2D eigenvalue weighted by Gasteiger charge is -2.51. The first kappa shape index (κ1) is 21.5. The molecule has 0 unspecified atom stereocenters. The van der Waals surface area contributed by atoms with Crippen LogP contribution < -0.4 is 4.90 Å². The van der Waals surface area contributed by atoms with Gasteiger partial charge < -0.3 is 14.4 Å². The molecule has 3 heterocycles. The Kier molecular flexibility index (Phi) is 5.53. The Morgan fingerprint density at radius 3 is 2.43 bits per heavy atom. The number of para-hydroxylation sites is 1. The molecule has 30 heavy (non-hydrogen) atoms. The molecule has 0 amide bonds. The molecule has 3 aliphatic rings. The largest absolute Gasteiger partial charge is 0.466 e. The summed E-state index contributed by atoms with van der Waals surface area (Å²) >= 11 is 4.41. The summed E-state index contributed by atoms with van der Waals surface area (Å²) < 4.78 is 9.30. The van der Waals surface area contributed by atoms with Crippen LogP contribution in [0.4, 0.5) is 5.69 Å². The molecule has 8 heteroatoms. The van der Waals surface area contributed by atoms with Crippen LogP contribution in [0.15, 0.2) is 50.5 Å². The fourth-order valence-electron chi connectivity index (χ4n) is 4.25. The van der Waals surface area contributed by atoms with E-state index in [1.54, 1.807) is 17.2 Å². The number of benzene rings is 1. The lowest BCUT2D eigenvalue weighted by molar-refractivity contribution is -0.136. The molecule has 1 aromatic carbocycles. The maximum absolute atomic E-state index is 12.8. The number of thioether (sulfide) groups is 3. The fraction of sp³-hybridized carbons (Fsp3) is 0.364. The summed E-state index contributed by atoms with van der Waals surface area (Å²) in [4.78, 5) is 29.2. The van der Waals surface area contributed by atoms with E-state index in [2.05, 4.69) is 37.8 Å². The molecule has 1 spiro atoms. The minimum atomic E-state index is -0.801. The number of methoxy groups -OCH3 is 2. The van der Waals surface area contributed by atoms with E-state index in [0.29, 0.717) is 10.5 Å². The zero-order chi connectivity index (χ0) is 21.7. The van der Waals surface area contributed by atoms with Crippen LogP contribution in [-0.2, 0) is 19.1 Å². The molecular weight excluding hydrogens is 438 g/mol. The van der Waals surface area contributed by atoms with Gasteiger partial charge in [0.25, 0.3) is 0 Å². The second-order valence-corrected chi connectivity index (χ2v) is 11.0. The topological polar surface area (TPSA) is 55.8 Å². The average Bonchev–Trinajstić information content (AvgIpc) is 3.18. The summed E-state index contributed by atoms with van der Waals surface area (Å²) in [5.41, 5.74) is 3.53. The van der Waals surface area contributed by atoms with Gasteiger partial charge in [-0.05, 0) is 37.7 Å². The molecule has 1 atom stereocenters. The number of nitrogens with zero attached hydrogens (tertiary/aromatic N) is 1. The van der Waals surface area contributed by atoms with Crippen LogP contribution in [0.3, 0.4) is 0 Å². The predicted molar refractivity (Wildman–Crippen MR) is 126 cm³/mol. The van der Waals surface area contributed by atoms with Crippen molar-refractivity contribution >= 4 is 58.5 Å². The van der Waals surface area contributed by atoms with E-state index in [1.807, 2.05) is 17.5 Å². The Labute approximate surface area is 189 Å². The Balaban J connectivity index is 1.97. The smallest absolute Gasteiger partial charge is 0.344 e. The first-order chi connectivity index (χ1) is 14.3. The molecule has 0 saturated carbocycles. The van der Waals surface area contributed by atoms with Gasteiger partial charge in [-0.2, -0.15) is 0 Å². The minimum absolute atomic E-state index is 0.274. The normalized spacial score (nSPS) is 24.1. The second-order valence-electron chi connectivity index (χ2n) is 7.48. The van der Waals surface area contributed by atoms with Gasteiger partial charge >= 0.3 is 11.9 Å². The molecular formula is C22H23NO4S3. The van der Waals surface area contributed by atoms with Crippen LogP contribution in [0, 0.1) is 0 Å². The quantitative estimate of drug-likeness (QED) is 0.582. The van der Waals surface area contributed by atoms with Crippen LogP contribution >= 0.6 is 35.3 Å². The highest BCUT2D eigenvalue weighted by atomic mass is 32.2. The highest BCUT2D eigenvalue weighted by Crippen LogP contribution is 2.67. The Morgan fingerprint density at radius 2 is 1.77 bits per heavy atom. The third-order valence-corrected chi connectivity index (χ3v) is 9.90. The van der Waals surface area contributed by atoms with Crippen molar-refractivity contribution in [3.8, 4) is 0 Å². The first-order valence-corrected chi connectivity index (χ1v) is 12.1. The van der Waals surface area contributed by atoms with Crippen LogP contribution in [0.1, 0.15) is 26.3 Å². The minimum Gasteiger partial charge on any atom is -0.466 e. The van der Waals surface area contributed by atoms with Crippen LogP contribution in [0.2, 0.25) is 0 Å². The third kappa shape index (κ3) is 2.95. The zero-order valence-corrected chi connectivity index (χ0v) is 19.9. The summed E-state index contributed by atoms with van der Waals surface area (Å²) in [6.45, 7) is 7.42. The van der Waals surface area contributed by atoms with Gasteiger partial charge in [-0.1, -0.05) is 41.7 Å². The van der Waals surface area contributed by atoms with E-state index >= 15 is 0 Å². The predicted octanol–water partition coefficient (Wildman–Crippen LogP) is 5.01. The molecule has 0 saturated heterocycles. The Bertz CT molecular complexity index is 1030. The maximum Gasteiger partial charge on any atom is 0.344 e. The number of carbonyl (C=O) groups is 2. The molecule has 0 radical (unpaired) electrons. The van der Waals surface area contributed by atoms with Crippen molar-refractivity contribution in [3.05, 3.63) is 56.0 Å². The molecule has 3 aliphatic heterocycles. The summed E-state index contributed by atoms with van der Waals surface area (Å²) in [6.07, 6.45) is 0. The van der Waals surface area contributed by atoms with E-state index in [4.69, 9.17) is 9.47 Å².